The van der Waals surface area contributed by atoms with Crippen molar-refractivity contribution < 1.29 is 18.0 Å². The van der Waals surface area contributed by atoms with E-state index in [2.05, 4.69) is 5.16 Å². The predicted octanol–water partition coefficient (Wildman–Crippen LogP) is 2.58. The van der Waals surface area contributed by atoms with Crippen LogP contribution >= 0.6 is 11.6 Å². The maximum atomic E-state index is 10.7. The van der Waals surface area contributed by atoms with Crippen LogP contribution in [0.1, 0.15) is 0 Å². The molecule has 2 rings (SSSR count). The molecule has 2 aromatic rings. The van der Waals surface area contributed by atoms with Gasteiger partial charge in [-0.3, -0.25) is 4.55 Å². The Morgan fingerprint density at radius 2 is 2.24 bits per heavy atom. The molecule has 1 aromatic heterocycles. The zero-order chi connectivity index (χ0) is 12.4. The van der Waals surface area contributed by atoms with Crippen LogP contribution in [-0.2, 0) is 11.1 Å². The van der Waals surface area contributed by atoms with Gasteiger partial charge in [0.15, 0.2) is 0 Å². The van der Waals surface area contributed by atoms with Crippen molar-refractivity contribution >= 4 is 22.7 Å². The number of halogens is 1. The van der Waals surface area contributed by atoms with Crippen molar-refractivity contribution in [1.82, 2.24) is 5.16 Å². The summed E-state index contributed by atoms with van der Waals surface area (Å²) in [6.45, 7) is 0. The van der Waals surface area contributed by atoms with Crippen molar-refractivity contribution in [3.8, 4) is 17.0 Å². The molecule has 0 amide bonds. The van der Waals surface area contributed by atoms with Gasteiger partial charge in [0.2, 0.25) is 11.1 Å². The van der Waals surface area contributed by atoms with Crippen LogP contribution in [0.5, 0.6) is 5.75 Å². The van der Waals surface area contributed by atoms with E-state index in [0.717, 1.165) is 0 Å². The monoisotopic (exact) mass is 273 g/mol. The van der Waals surface area contributed by atoms with Gasteiger partial charge in [0, 0.05) is 11.6 Å². The van der Waals surface area contributed by atoms with Gasteiger partial charge in [0.1, 0.15) is 11.4 Å². The van der Waals surface area contributed by atoms with Crippen LogP contribution in [0.4, 0.5) is 0 Å². The van der Waals surface area contributed by atoms with Gasteiger partial charge in [-0.15, -0.1) is 0 Å². The van der Waals surface area contributed by atoms with E-state index in [1.165, 1.54) is 13.2 Å². The van der Waals surface area contributed by atoms with E-state index < -0.39 is 11.1 Å². The molecule has 90 valence electrons. The Bertz CT molecular complexity index is 569. The number of nitrogens with zero attached hydrogens (tertiary/aromatic N) is 1. The van der Waals surface area contributed by atoms with Gasteiger partial charge in [-0.2, -0.15) is 0 Å². The maximum Gasteiger partial charge on any atom is 0.250 e. The van der Waals surface area contributed by atoms with E-state index in [1.54, 1.807) is 18.2 Å². The minimum atomic E-state index is -2.18. The molecular formula is C10H8ClNO4S. The van der Waals surface area contributed by atoms with Crippen molar-refractivity contribution in [1.29, 1.82) is 0 Å². The molecule has 0 aliphatic rings. The fraction of sp³-hybridized carbons (Fsp3) is 0.100. The molecule has 0 radical (unpaired) electrons. The molecule has 7 heteroatoms. The summed E-state index contributed by atoms with van der Waals surface area (Å²) in [6, 6.07) is 6.44. The number of ether oxygens (including phenoxy) is 1. The van der Waals surface area contributed by atoms with Crippen molar-refractivity contribution in [2.75, 3.05) is 7.11 Å². The SMILES string of the molecule is COc1ccc(-c2cc(S(=O)O)on2)cc1Cl. The van der Waals surface area contributed by atoms with Crippen LogP contribution in [-0.4, -0.2) is 21.0 Å². The van der Waals surface area contributed by atoms with Crippen LogP contribution in [0, 0.1) is 0 Å². The van der Waals surface area contributed by atoms with E-state index in [-0.39, 0.29) is 5.09 Å². The number of rotatable bonds is 3. The van der Waals surface area contributed by atoms with Crippen LogP contribution < -0.4 is 4.74 Å². The van der Waals surface area contributed by atoms with Gasteiger partial charge in [0.05, 0.1) is 12.1 Å². The van der Waals surface area contributed by atoms with Crippen LogP contribution in [0.3, 0.4) is 0 Å². The minimum absolute atomic E-state index is 0.105. The van der Waals surface area contributed by atoms with E-state index in [1.807, 2.05) is 0 Å². The zero-order valence-electron chi connectivity index (χ0n) is 8.71. The van der Waals surface area contributed by atoms with E-state index in [0.29, 0.717) is 22.0 Å². The Kier molecular flexibility index (Phi) is 3.46. The normalized spacial score (nSPS) is 12.4. The summed E-state index contributed by atoms with van der Waals surface area (Å²) in [5, 5.41) is 4.00. The van der Waals surface area contributed by atoms with Crippen molar-refractivity contribution in [2.24, 2.45) is 0 Å². The first kappa shape index (κ1) is 12.1. The average molecular weight is 274 g/mol. The van der Waals surface area contributed by atoms with Crippen molar-refractivity contribution in [3.63, 3.8) is 0 Å². The third-order valence-electron chi connectivity index (χ3n) is 2.11. The first-order valence-electron chi connectivity index (χ1n) is 4.53. The average Bonchev–Trinajstić information content (AvgIpc) is 2.78. The third kappa shape index (κ3) is 2.49. The molecule has 17 heavy (non-hydrogen) atoms. The standard InChI is InChI=1S/C10H8ClNO4S/c1-15-9-3-2-6(4-7(9)11)8-5-10(16-12-8)17(13)14/h2-5H,1H3,(H,13,14). The summed E-state index contributed by atoms with van der Waals surface area (Å²) >= 11 is 3.78. The fourth-order valence-electron chi connectivity index (χ4n) is 1.30. The quantitative estimate of drug-likeness (QED) is 0.870. The fourth-order valence-corrected chi connectivity index (χ4v) is 1.87. The highest BCUT2D eigenvalue weighted by Gasteiger charge is 2.12. The maximum absolute atomic E-state index is 10.7. The largest absolute Gasteiger partial charge is 0.495 e. The van der Waals surface area contributed by atoms with Gasteiger partial charge in [-0.1, -0.05) is 16.8 Å². The summed E-state index contributed by atoms with van der Waals surface area (Å²) in [7, 11) is 1.52. The molecule has 1 atom stereocenters. The molecule has 0 saturated heterocycles. The molecule has 0 saturated carbocycles. The smallest absolute Gasteiger partial charge is 0.250 e. The molecule has 0 bridgehead atoms. The first-order valence-corrected chi connectivity index (χ1v) is 6.02. The molecule has 1 aromatic carbocycles. The molecule has 0 aliphatic heterocycles. The number of methoxy groups -OCH3 is 1. The highest BCUT2D eigenvalue weighted by Crippen LogP contribution is 2.30. The van der Waals surface area contributed by atoms with E-state index in [9.17, 15) is 4.21 Å². The molecular weight excluding hydrogens is 266 g/mol. The second kappa shape index (κ2) is 4.87. The summed E-state index contributed by atoms with van der Waals surface area (Å²) < 4.78 is 29.3. The summed E-state index contributed by atoms with van der Waals surface area (Å²) in [5.74, 6) is 0.546. The third-order valence-corrected chi connectivity index (χ3v) is 2.94. The topological polar surface area (TPSA) is 72.6 Å². The number of hydrogen-bond acceptors (Lipinski definition) is 4. The highest BCUT2D eigenvalue weighted by atomic mass is 35.5. The Labute approximate surface area is 105 Å². The second-order valence-electron chi connectivity index (χ2n) is 3.13. The molecule has 0 fully saturated rings. The highest BCUT2D eigenvalue weighted by molar-refractivity contribution is 7.79. The Morgan fingerprint density at radius 1 is 1.47 bits per heavy atom. The minimum Gasteiger partial charge on any atom is -0.495 e. The summed E-state index contributed by atoms with van der Waals surface area (Å²) in [5.41, 5.74) is 1.11. The number of hydrogen-bond donors (Lipinski definition) is 1. The van der Waals surface area contributed by atoms with E-state index >= 15 is 0 Å². The lowest BCUT2D eigenvalue weighted by molar-refractivity contribution is 0.338. The van der Waals surface area contributed by atoms with Crippen molar-refractivity contribution in [3.05, 3.63) is 29.3 Å². The van der Waals surface area contributed by atoms with E-state index in [4.69, 9.17) is 25.4 Å². The second-order valence-corrected chi connectivity index (χ2v) is 4.44. The zero-order valence-corrected chi connectivity index (χ0v) is 10.3. The number of aromatic nitrogens is 1. The molecule has 0 aliphatic carbocycles. The lowest BCUT2D eigenvalue weighted by atomic mass is 10.1. The Balaban J connectivity index is 2.39. The Hall–Kier alpha value is -1.37. The lowest BCUT2D eigenvalue weighted by Crippen LogP contribution is -1.85. The van der Waals surface area contributed by atoms with Crippen LogP contribution in [0.2, 0.25) is 5.02 Å². The predicted molar refractivity (Wildman–Crippen MR) is 62.5 cm³/mol. The first-order chi connectivity index (χ1) is 8.11. The van der Waals surface area contributed by atoms with Gasteiger partial charge < -0.3 is 9.26 Å². The molecule has 1 unspecified atom stereocenters. The van der Waals surface area contributed by atoms with Crippen LogP contribution in [0.15, 0.2) is 33.9 Å². The van der Waals surface area contributed by atoms with Gasteiger partial charge >= 0.3 is 0 Å². The van der Waals surface area contributed by atoms with Crippen LogP contribution in [0.25, 0.3) is 11.3 Å². The lowest BCUT2D eigenvalue weighted by Gasteiger charge is -2.03. The van der Waals surface area contributed by atoms with Gasteiger partial charge in [-0.05, 0) is 18.2 Å². The molecule has 0 spiro atoms. The van der Waals surface area contributed by atoms with Crippen molar-refractivity contribution in [2.45, 2.75) is 5.09 Å². The molecule has 1 N–H and O–H groups in total. The van der Waals surface area contributed by atoms with Gasteiger partial charge in [0.25, 0.3) is 5.09 Å². The summed E-state index contributed by atoms with van der Waals surface area (Å²) in [4.78, 5) is 0. The number of benzene rings is 1. The van der Waals surface area contributed by atoms with Gasteiger partial charge in [-0.25, -0.2) is 4.21 Å². The summed E-state index contributed by atoms with van der Waals surface area (Å²) in [6.07, 6.45) is 0. The molecule has 1 heterocycles. The Morgan fingerprint density at radius 3 is 2.76 bits per heavy atom. The molecule has 5 nitrogen and oxygen atoms in total.